The lowest BCUT2D eigenvalue weighted by Gasteiger charge is -2.13. The maximum absolute atomic E-state index is 5.63. The first-order valence-corrected chi connectivity index (χ1v) is 7.40. The fraction of sp³-hybridized carbons (Fsp3) is 0.364. The van der Waals surface area contributed by atoms with Gasteiger partial charge in [0.1, 0.15) is 0 Å². The highest BCUT2D eigenvalue weighted by Gasteiger charge is 2.13. The second-order valence-electron chi connectivity index (χ2n) is 3.81. The molecule has 1 atom stereocenters. The first-order chi connectivity index (χ1) is 8.22. The van der Waals surface area contributed by atoms with E-state index in [0.717, 1.165) is 13.0 Å². The molecule has 0 bridgehead atoms. The molecule has 0 aliphatic carbocycles. The fourth-order valence-corrected chi connectivity index (χ4v) is 3.13. The highest BCUT2D eigenvalue weighted by molar-refractivity contribution is 14.1. The van der Waals surface area contributed by atoms with Crippen LogP contribution in [-0.4, -0.2) is 9.78 Å². The Morgan fingerprint density at radius 1 is 1.65 bits per heavy atom. The predicted octanol–water partition coefficient (Wildman–Crippen LogP) is 2.32. The summed E-state index contributed by atoms with van der Waals surface area (Å²) in [5, 5.41) is 6.42. The number of aromatic nitrogens is 2. The number of rotatable bonds is 5. The van der Waals surface area contributed by atoms with Crippen molar-refractivity contribution in [3.8, 4) is 0 Å². The Balaban J connectivity index is 2.09. The molecule has 0 radical (unpaired) electrons. The second kappa shape index (κ2) is 5.94. The lowest BCUT2D eigenvalue weighted by molar-refractivity contribution is 0.552. The number of nitrogens with zero attached hydrogens (tertiary/aromatic N) is 2. The molecule has 4 nitrogen and oxygen atoms in total. The number of nitrogens with two attached hydrogens (primary N) is 1. The van der Waals surface area contributed by atoms with E-state index in [1.807, 2.05) is 10.9 Å². The highest BCUT2D eigenvalue weighted by Crippen LogP contribution is 2.24. The van der Waals surface area contributed by atoms with Gasteiger partial charge in [-0.2, -0.15) is 5.10 Å². The molecule has 0 spiro atoms. The van der Waals surface area contributed by atoms with Crippen molar-refractivity contribution in [1.82, 2.24) is 15.2 Å². The lowest BCUT2D eigenvalue weighted by Crippen LogP contribution is -2.29. The molecule has 0 saturated carbocycles. The normalized spacial score (nSPS) is 12.9. The molecule has 0 aliphatic heterocycles. The number of hydrazine groups is 1. The second-order valence-corrected chi connectivity index (χ2v) is 6.62. The summed E-state index contributed by atoms with van der Waals surface area (Å²) in [6, 6.07) is 2.32. The average molecular weight is 362 g/mol. The third kappa shape index (κ3) is 3.27. The van der Waals surface area contributed by atoms with Crippen LogP contribution >= 0.6 is 33.9 Å². The van der Waals surface area contributed by atoms with Crippen LogP contribution in [0.25, 0.3) is 0 Å². The number of hydrogen-bond donors (Lipinski definition) is 2. The van der Waals surface area contributed by atoms with Gasteiger partial charge in [0.15, 0.2) is 0 Å². The summed E-state index contributed by atoms with van der Waals surface area (Å²) in [7, 11) is 0. The van der Waals surface area contributed by atoms with E-state index in [0.29, 0.717) is 0 Å². The van der Waals surface area contributed by atoms with E-state index in [4.69, 9.17) is 5.84 Å². The van der Waals surface area contributed by atoms with Crippen molar-refractivity contribution in [2.45, 2.75) is 25.9 Å². The van der Waals surface area contributed by atoms with Crippen molar-refractivity contribution in [1.29, 1.82) is 0 Å². The first-order valence-electron chi connectivity index (χ1n) is 5.44. The molecule has 2 aromatic heterocycles. The molecule has 0 saturated heterocycles. The molecule has 1 unspecified atom stereocenters. The van der Waals surface area contributed by atoms with Crippen molar-refractivity contribution in [3.05, 3.63) is 37.9 Å². The Hall–Kier alpha value is -0.440. The Kier molecular flexibility index (Phi) is 4.55. The minimum absolute atomic E-state index is 0.157. The first kappa shape index (κ1) is 13.0. The van der Waals surface area contributed by atoms with Gasteiger partial charge in [0.25, 0.3) is 0 Å². The van der Waals surface area contributed by atoms with Crippen molar-refractivity contribution in [2.75, 3.05) is 0 Å². The lowest BCUT2D eigenvalue weighted by atomic mass is 10.0. The van der Waals surface area contributed by atoms with Crippen LogP contribution in [0.15, 0.2) is 23.8 Å². The maximum atomic E-state index is 5.63. The molecule has 92 valence electrons. The summed E-state index contributed by atoms with van der Waals surface area (Å²) in [5.74, 6) is 5.63. The van der Waals surface area contributed by atoms with E-state index in [-0.39, 0.29) is 6.04 Å². The van der Waals surface area contributed by atoms with E-state index < -0.39 is 0 Å². The van der Waals surface area contributed by atoms with Crippen molar-refractivity contribution < 1.29 is 0 Å². The molecule has 17 heavy (non-hydrogen) atoms. The fourth-order valence-electron chi connectivity index (χ4n) is 1.70. The Morgan fingerprint density at radius 2 is 2.47 bits per heavy atom. The van der Waals surface area contributed by atoms with Gasteiger partial charge in [-0.3, -0.25) is 16.0 Å². The van der Waals surface area contributed by atoms with Crippen LogP contribution in [0.1, 0.15) is 24.1 Å². The van der Waals surface area contributed by atoms with E-state index in [1.54, 1.807) is 11.3 Å². The van der Waals surface area contributed by atoms with Gasteiger partial charge in [-0.15, -0.1) is 11.3 Å². The third-order valence-electron chi connectivity index (χ3n) is 2.64. The maximum Gasteiger partial charge on any atom is 0.0656 e. The van der Waals surface area contributed by atoms with E-state index in [9.17, 15) is 0 Å². The van der Waals surface area contributed by atoms with Gasteiger partial charge in [-0.1, -0.05) is 0 Å². The van der Waals surface area contributed by atoms with Crippen LogP contribution < -0.4 is 11.3 Å². The average Bonchev–Trinajstić information content (AvgIpc) is 2.94. The number of hydrogen-bond acceptors (Lipinski definition) is 4. The van der Waals surface area contributed by atoms with Crippen LogP contribution in [0.3, 0.4) is 0 Å². The number of nitrogens with one attached hydrogen (secondary N) is 1. The summed E-state index contributed by atoms with van der Waals surface area (Å²) in [6.45, 7) is 2.98. The van der Waals surface area contributed by atoms with Crippen LogP contribution in [-0.2, 0) is 13.0 Å². The quantitative estimate of drug-likeness (QED) is 0.488. The largest absolute Gasteiger partial charge is 0.273 e. The molecule has 0 fully saturated rings. The van der Waals surface area contributed by atoms with Crippen molar-refractivity contribution >= 4 is 33.9 Å². The number of halogens is 1. The van der Waals surface area contributed by atoms with Gasteiger partial charge in [-0.05, 0) is 58.5 Å². The molecular weight excluding hydrogens is 347 g/mol. The summed E-state index contributed by atoms with van der Waals surface area (Å²) >= 11 is 4.06. The molecule has 0 aliphatic rings. The van der Waals surface area contributed by atoms with Gasteiger partial charge in [0.05, 0.1) is 15.1 Å². The Bertz CT molecular complexity index is 479. The molecule has 3 N–H and O–H groups in total. The summed E-state index contributed by atoms with van der Waals surface area (Å²) in [4.78, 5) is 0. The minimum atomic E-state index is 0.157. The monoisotopic (exact) mass is 362 g/mol. The molecule has 0 amide bonds. The molecule has 2 heterocycles. The molecule has 2 aromatic rings. The molecule has 6 heteroatoms. The van der Waals surface area contributed by atoms with E-state index >= 15 is 0 Å². The Morgan fingerprint density at radius 3 is 3.00 bits per heavy atom. The third-order valence-corrected chi connectivity index (χ3v) is 4.45. The van der Waals surface area contributed by atoms with Crippen LogP contribution in [0, 0.1) is 2.88 Å². The zero-order valence-electron chi connectivity index (χ0n) is 9.56. The summed E-state index contributed by atoms with van der Waals surface area (Å²) in [5.41, 5.74) is 5.32. The van der Waals surface area contributed by atoms with Gasteiger partial charge in [0, 0.05) is 12.7 Å². The number of aryl methyl sites for hydroxylation is 1. The van der Waals surface area contributed by atoms with Crippen molar-refractivity contribution in [3.63, 3.8) is 0 Å². The summed E-state index contributed by atoms with van der Waals surface area (Å²) < 4.78 is 3.21. The van der Waals surface area contributed by atoms with Gasteiger partial charge >= 0.3 is 0 Å². The topological polar surface area (TPSA) is 55.9 Å². The van der Waals surface area contributed by atoms with Crippen LogP contribution in [0.4, 0.5) is 0 Å². The van der Waals surface area contributed by atoms with Crippen molar-refractivity contribution in [2.24, 2.45) is 5.84 Å². The zero-order chi connectivity index (χ0) is 12.3. The number of thiophene rings is 1. The standard InChI is InChI=1S/C11H15IN4S/c1-2-16-6-8(5-14-16)3-10(15-13)9-4-11(12)17-7-9/h4-7,10,15H,2-3,13H2,1H3. The molecule has 2 rings (SSSR count). The van der Waals surface area contributed by atoms with E-state index in [1.165, 1.54) is 14.0 Å². The zero-order valence-corrected chi connectivity index (χ0v) is 12.5. The SMILES string of the molecule is CCn1cc(CC(NN)c2csc(I)c2)cn1. The smallest absolute Gasteiger partial charge is 0.0656 e. The van der Waals surface area contributed by atoms with Gasteiger partial charge in [-0.25, -0.2) is 0 Å². The predicted molar refractivity (Wildman–Crippen MR) is 78.7 cm³/mol. The minimum Gasteiger partial charge on any atom is -0.273 e. The van der Waals surface area contributed by atoms with Gasteiger partial charge in [0.2, 0.25) is 0 Å². The highest BCUT2D eigenvalue weighted by atomic mass is 127. The summed E-state index contributed by atoms with van der Waals surface area (Å²) in [6.07, 6.45) is 4.84. The molecular formula is C11H15IN4S. The Labute approximate surface area is 118 Å². The van der Waals surface area contributed by atoms with Crippen LogP contribution in [0.5, 0.6) is 0 Å². The van der Waals surface area contributed by atoms with Crippen LogP contribution in [0.2, 0.25) is 0 Å². The molecule has 0 aromatic carbocycles. The van der Waals surface area contributed by atoms with Gasteiger partial charge < -0.3 is 0 Å². The van der Waals surface area contributed by atoms with E-state index in [2.05, 4.69) is 57.7 Å².